The number of amides is 5. The molecule has 2 heterocycles. The summed E-state index contributed by atoms with van der Waals surface area (Å²) in [5, 5.41) is 5.96. The Bertz CT molecular complexity index is 1070. The van der Waals surface area contributed by atoms with Gasteiger partial charge in [0.05, 0.1) is 10.7 Å². The van der Waals surface area contributed by atoms with E-state index in [1.165, 1.54) is 0 Å². The minimum absolute atomic E-state index is 0.279. The molecule has 0 radical (unpaired) electrons. The van der Waals surface area contributed by atoms with Crippen LogP contribution in [-0.2, 0) is 4.79 Å². The van der Waals surface area contributed by atoms with E-state index in [9.17, 15) is 14.4 Å². The number of rotatable bonds is 2. The zero-order chi connectivity index (χ0) is 21.3. The van der Waals surface area contributed by atoms with Gasteiger partial charge in [-0.25, -0.2) is 14.5 Å². The summed E-state index contributed by atoms with van der Waals surface area (Å²) >= 11 is 6.18. The van der Waals surface area contributed by atoms with Gasteiger partial charge in [0.15, 0.2) is 0 Å². The van der Waals surface area contributed by atoms with E-state index in [0.29, 0.717) is 47.9 Å². The molecule has 8 heteroatoms. The zero-order valence-electron chi connectivity index (χ0n) is 16.0. The van der Waals surface area contributed by atoms with Crippen molar-refractivity contribution in [3.05, 3.63) is 59.1 Å². The van der Waals surface area contributed by atoms with Crippen LogP contribution in [0.3, 0.4) is 0 Å². The first-order valence-corrected chi connectivity index (χ1v) is 9.85. The van der Waals surface area contributed by atoms with Crippen molar-refractivity contribution in [3.63, 3.8) is 0 Å². The van der Waals surface area contributed by atoms with E-state index in [-0.39, 0.29) is 11.9 Å². The van der Waals surface area contributed by atoms with Crippen LogP contribution in [0.15, 0.2) is 48.5 Å². The molecule has 4 rings (SSSR count). The molecule has 2 N–H and O–H groups in total. The Hall–Kier alpha value is -3.50. The van der Waals surface area contributed by atoms with Crippen molar-refractivity contribution in [2.24, 2.45) is 0 Å². The second-order valence-corrected chi connectivity index (χ2v) is 7.65. The van der Waals surface area contributed by atoms with Gasteiger partial charge in [0.1, 0.15) is 5.54 Å². The summed E-state index contributed by atoms with van der Waals surface area (Å²) in [5.41, 5.74) is 0.596. The Morgan fingerprint density at radius 2 is 1.87 bits per heavy atom. The van der Waals surface area contributed by atoms with Crippen LogP contribution in [0.1, 0.15) is 18.4 Å². The summed E-state index contributed by atoms with van der Waals surface area (Å²) in [4.78, 5) is 41.0. The van der Waals surface area contributed by atoms with Crippen molar-refractivity contribution in [3.8, 4) is 12.3 Å². The number of nitrogens with zero attached hydrogens (tertiary/aromatic N) is 2. The van der Waals surface area contributed by atoms with Crippen LogP contribution in [0, 0.1) is 12.3 Å². The second kappa shape index (κ2) is 7.73. The molecule has 0 saturated carbocycles. The molecule has 7 nitrogen and oxygen atoms in total. The van der Waals surface area contributed by atoms with Gasteiger partial charge in [-0.3, -0.25) is 4.79 Å². The van der Waals surface area contributed by atoms with E-state index >= 15 is 0 Å². The highest BCUT2D eigenvalue weighted by Gasteiger charge is 2.53. The lowest BCUT2D eigenvalue weighted by molar-refractivity contribution is -0.123. The summed E-state index contributed by atoms with van der Waals surface area (Å²) < 4.78 is 0. The molecule has 152 valence electrons. The number of halogens is 1. The average molecular weight is 423 g/mol. The summed E-state index contributed by atoms with van der Waals surface area (Å²) in [6.45, 7) is 0.645. The number of nitrogens with one attached hydrogen (secondary N) is 2. The molecule has 0 aromatic heterocycles. The normalized spacial score (nSPS) is 17.6. The zero-order valence-corrected chi connectivity index (χ0v) is 16.8. The molecule has 2 aliphatic rings. The van der Waals surface area contributed by atoms with Crippen molar-refractivity contribution < 1.29 is 14.4 Å². The van der Waals surface area contributed by atoms with Gasteiger partial charge in [-0.15, -0.1) is 6.42 Å². The number of hydrogen-bond acceptors (Lipinski definition) is 3. The highest BCUT2D eigenvalue weighted by atomic mass is 35.5. The third kappa shape index (κ3) is 3.46. The maximum absolute atomic E-state index is 13.1. The molecule has 0 unspecified atom stereocenters. The molecule has 5 amide bonds. The molecule has 2 aromatic rings. The quantitative estimate of drug-likeness (QED) is 0.574. The Labute approximate surface area is 179 Å². The maximum atomic E-state index is 13.1. The number of anilines is 2. The minimum Gasteiger partial charge on any atom is -0.324 e. The van der Waals surface area contributed by atoms with Gasteiger partial charge in [-0.2, -0.15) is 0 Å². The number of imide groups is 1. The van der Waals surface area contributed by atoms with Gasteiger partial charge in [-0.1, -0.05) is 35.7 Å². The van der Waals surface area contributed by atoms with Crippen LogP contribution >= 0.6 is 11.6 Å². The number of carbonyl (C=O) groups excluding carboxylic acids is 3. The van der Waals surface area contributed by atoms with E-state index in [4.69, 9.17) is 18.0 Å². The molecule has 0 aliphatic carbocycles. The highest BCUT2D eigenvalue weighted by Crippen LogP contribution is 2.35. The number of hydrogen-bond donors (Lipinski definition) is 2. The Kier molecular flexibility index (Phi) is 5.10. The van der Waals surface area contributed by atoms with E-state index in [1.54, 1.807) is 53.4 Å². The second-order valence-electron chi connectivity index (χ2n) is 7.25. The van der Waals surface area contributed by atoms with E-state index < -0.39 is 11.6 Å². The summed E-state index contributed by atoms with van der Waals surface area (Å²) in [6, 6.07) is 12.9. The van der Waals surface area contributed by atoms with Crippen LogP contribution in [0.2, 0.25) is 5.02 Å². The van der Waals surface area contributed by atoms with Gasteiger partial charge in [0.25, 0.3) is 5.91 Å². The molecule has 30 heavy (non-hydrogen) atoms. The number of piperidine rings is 1. The lowest BCUT2D eigenvalue weighted by atomic mass is 9.87. The van der Waals surface area contributed by atoms with Gasteiger partial charge in [-0.05, 0) is 43.2 Å². The summed E-state index contributed by atoms with van der Waals surface area (Å²) in [7, 11) is 0. The largest absolute Gasteiger partial charge is 0.329 e. The first kappa shape index (κ1) is 19.8. The van der Waals surface area contributed by atoms with Crippen LogP contribution < -0.4 is 15.5 Å². The Morgan fingerprint density at radius 1 is 1.13 bits per heavy atom. The lowest BCUT2D eigenvalue weighted by Gasteiger charge is -2.37. The Morgan fingerprint density at radius 3 is 2.57 bits per heavy atom. The van der Waals surface area contributed by atoms with Crippen molar-refractivity contribution in [1.29, 1.82) is 0 Å². The summed E-state index contributed by atoms with van der Waals surface area (Å²) in [6.07, 6.45) is 6.03. The number of urea groups is 2. The number of benzene rings is 2. The first-order chi connectivity index (χ1) is 14.4. The van der Waals surface area contributed by atoms with Crippen LogP contribution in [0.5, 0.6) is 0 Å². The van der Waals surface area contributed by atoms with Crippen molar-refractivity contribution >= 4 is 40.9 Å². The van der Waals surface area contributed by atoms with Crippen LogP contribution in [0.25, 0.3) is 0 Å². The molecular weight excluding hydrogens is 404 g/mol. The third-order valence-electron chi connectivity index (χ3n) is 5.44. The fraction of sp³-hybridized carbons (Fsp3) is 0.227. The third-order valence-corrected chi connectivity index (χ3v) is 5.76. The van der Waals surface area contributed by atoms with Crippen molar-refractivity contribution in [2.45, 2.75) is 18.4 Å². The standard InChI is InChI=1S/C22H19ClN4O3/c1-2-15-6-5-7-16(14-15)24-20(29)26-12-10-22(11-13-26)19(28)27(21(30)25-22)18-9-4-3-8-17(18)23/h1,3-9,14H,10-13H2,(H,24,29)(H,25,30). The maximum Gasteiger partial charge on any atom is 0.329 e. The van der Waals surface area contributed by atoms with E-state index in [0.717, 1.165) is 4.90 Å². The minimum atomic E-state index is -1.03. The van der Waals surface area contributed by atoms with E-state index in [1.807, 2.05) is 0 Å². The predicted octanol–water partition coefficient (Wildman–Crippen LogP) is 3.44. The fourth-order valence-corrected chi connectivity index (χ4v) is 4.01. The number of para-hydroxylation sites is 1. The monoisotopic (exact) mass is 422 g/mol. The molecule has 2 fully saturated rings. The molecule has 1 spiro atoms. The van der Waals surface area contributed by atoms with Gasteiger partial charge >= 0.3 is 12.1 Å². The highest BCUT2D eigenvalue weighted by molar-refractivity contribution is 6.36. The Balaban J connectivity index is 1.44. The molecule has 2 aromatic carbocycles. The average Bonchev–Trinajstić information content (AvgIpc) is 2.98. The van der Waals surface area contributed by atoms with Crippen LogP contribution in [0.4, 0.5) is 21.0 Å². The number of terminal acetylenes is 1. The molecule has 0 atom stereocenters. The number of likely N-dealkylation sites (tertiary alicyclic amines) is 1. The van der Waals surface area contributed by atoms with Gasteiger partial charge < -0.3 is 15.5 Å². The smallest absolute Gasteiger partial charge is 0.324 e. The van der Waals surface area contributed by atoms with Gasteiger partial charge in [0.2, 0.25) is 0 Å². The summed E-state index contributed by atoms with van der Waals surface area (Å²) in [5.74, 6) is 2.18. The van der Waals surface area contributed by atoms with Gasteiger partial charge in [0, 0.05) is 24.3 Å². The number of carbonyl (C=O) groups is 3. The predicted molar refractivity (Wildman–Crippen MR) is 114 cm³/mol. The molecule has 0 bridgehead atoms. The van der Waals surface area contributed by atoms with Crippen LogP contribution in [-0.4, -0.2) is 41.5 Å². The first-order valence-electron chi connectivity index (χ1n) is 9.47. The van der Waals surface area contributed by atoms with Crippen molar-refractivity contribution in [2.75, 3.05) is 23.3 Å². The fourth-order valence-electron chi connectivity index (χ4n) is 3.79. The van der Waals surface area contributed by atoms with E-state index in [2.05, 4.69) is 16.6 Å². The molecule has 2 aliphatic heterocycles. The molecule has 2 saturated heterocycles. The molecular formula is C22H19ClN4O3. The lowest BCUT2D eigenvalue weighted by Crippen LogP contribution is -2.56. The van der Waals surface area contributed by atoms with Crippen molar-refractivity contribution in [1.82, 2.24) is 10.2 Å². The topological polar surface area (TPSA) is 81.8 Å². The SMILES string of the molecule is C#Cc1cccc(NC(=O)N2CCC3(CC2)NC(=O)N(c2ccccc2Cl)C3=O)c1.